The summed E-state index contributed by atoms with van der Waals surface area (Å²) in [6.07, 6.45) is 18.4. The van der Waals surface area contributed by atoms with E-state index in [1.54, 1.807) is 6.21 Å². The second kappa shape index (κ2) is 8.22. The van der Waals surface area contributed by atoms with Crippen molar-refractivity contribution >= 4 is 6.21 Å². The Morgan fingerprint density at radius 1 is 1.12 bits per heavy atom. The highest BCUT2D eigenvalue weighted by molar-refractivity contribution is 5.70. The molecule has 0 heterocycles. The third-order valence-corrected chi connectivity index (χ3v) is 7.48. The van der Waals surface area contributed by atoms with E-state index >= 15 is 0 Å². The molecule has 3 rings (SSSR count). The van der Waals surface area contributed by atoms with Gasteiger partial charge >= 0.3 is 0 Å². The van der Waals surface area contributed by atoms with Crippen LogP contribution >= 0.6 is 0 Å². The smallest absolute Gasteiger partial charge is 0.129 e. The van der Waals surface area contributed by atoms with Crippen molar-refractivity contribution in [3.8, 4) is 0 Å². The molecule has 4 nitrogen and oxygen atoms in total. The second-order valence-corrected chi connectivity index (χ2v) is 8.76. The molecular weight excluding hydrogens is 312 g/mol. The molecule has 0 spiro atoms. The first-order valence-corrected chi connectivity index (χ1v) is 10.3. The van der Waals surface area contributed by atoms with E-state index in [0.29, 0.717) is 19.1 Å². The highest BCUT2D eigenvalue weighted by Crippen LogP contribution is 2.61. The van der Waals surface area contributed by atoms with Gasteiger partial charge in [-0.2, -0.15) is 0 Å². The molecule has 0 radical (unpaired) electrons. The van der Waals surface area contributed by atoms with Crippen LogP contribution in [0.4, 0.5) is 0 Å². The van der Waals surface area contributed by atoms with Gasteiger partial charge in [-0.3, -0.25) is 0 Å². The Balaban J connectivity index is 1.60. The van der Waals surface area contributed by atoms with Crippen molar-refractivity contribution in [3.05, 3.63) is 12.2 Å². The summed E-state index contributed by atoms with van der Waals surface area (Å²) in [7, 11) is 0. The lowest BCUT2D eigenvalue weighted by molar-refractivity contribution is -0.117. The first-order chi connectivity index (χ1) is 12.1. The predicted molar refractivity (Wildman–Crippen MR) is 102 cm³/mol. The van der Waals surface area contributed by atoms with Crippen molar-refractivity contribution in [2.45, 2.75) is 76.7 Å². The summed E-state index contributed by atoms with van der Waals surface area (Å²) in [5, 5.41) is 15.4. The van der Waals surface area contributed by atoms with E-state index in [0.717, 1.165) is 37.5 Å². The number of nitrogens with two attached hydrogens (primary N) is 1. The first-order valence-electron chi connectivity index (χ1n) is 10.3. The normalized spacial score (nSPS) is 40.0. The van der Waals surface area contributed by atoms with E-state index in [1.165, 1.54) is 38.5 Å². The molecule has 0 bridgehead atoms. The summed E-state index contributed by atoms with van der Waals surface area (Å²) in [6, 6.07) is 0. The standard InChI is InChI=1S/C21H36N2O2/c1-20-11-9-18(17-6-3-2-4-7-17)16-21(20,24)12-10-19(20)8-5-14-23-25-15-13-22/h5,8,14,17-19,24H,2-4,6-7,9-13,15-16,22H2,1H3/b8-5+,23-14+/t18-,19-,20+,21-/m0/s1. The number of rotatable bonds is 6. The van der Waals surface area contributed by atoms with Crippen LogP contribution in [0.15, 0.2) is 17.3 Å². The van der Waals surface area contributed by atoms with Crippen molar-refractivity contribution < 1.29 is 9.94 Å². The van der Waals surface area contributed by atoms with Crippen LogP contribution in [0, 0.1) is 23.2 Å². The molecule has 0 aliphatic heterocycles. The lowest BCUT2D eigenvalue weighted by Gasteiger charge is -2.51. The van der Waals surface area contributed by atoms with Gasteiger partial charge in [-0.05, 0) is 55.9 Å². The molecule has 4 heteroatoms. The molecule has 3 saturated carbocycles. The minimum atomic E-state index is -0.477. The van der Waals surface area contributed by atoms with E-state index in [2.05, 4.69) is 18.2 Å². The Kier molecular flexibility index (Phi) is 6.21. The minimum Gasteiger partial charge on any atom is -0.394 e. The largest absolute Gasteiger partial charge is 0.394 e. The molecule has 4 atom stereocenters. The number of fused-ring (bicyclic) bond motifs is 1. The van der Waals surface area contributed by atoms with Gasteiger partial charge in [0.25, 0.3) is 0 Å². The molecule has 0 saturated heterocycles. The van der Waals surface area contributed by atoms with Crippen LogP contribution in [0.5, 0.6) is 0 Å². The average molecular weight is 349 g/mol. The van der Waals surface area contributed by atoms with Gasteiger partial charge in [0.05, 0.1) is 11.8 Å². The Hall–Kier alpha value is -0.870. The fourth-order valence-corrected chi connectivity index (χ4v) is 5.80. The molecule has 3 aliphatic rings. The summed E-state index contributed by atoms with van der Waals surface area (Å²) >= 11 is 0. The lowest BCUT2D eigenvalue weighted by atomic mass is 9.57. The molecule has 0 unspecified atom stereocenters. The summed E-state index contributed by atoms with van der Waals surface area (Å²) in [6.45, 7) is 3.25. The number of nitrogens with zero attached hydrogens (tertiary/aromatic N) is 1. The van der Waals surface area contributed by atoms with Gasteiger partial charge in [0, 0.05) is 12.0 Å². The molecule has 0 aromatic carbocycles. The molecule has 3 N–H and O–H groups in total. The molecular formula is C21H36N2O2. The third kappa shape index (κ3) is 3.95. The molecule has 0 aromatic rings. The monoisotopic (exact) mass is 348 g/mol. The van der Waals surface area contributed by atoms with Crippen LogP contribution in [-0.4, -0.2) is 30.1 Å². The first kappa shape index (κ1) is 18.9. The quantitative estimate of drug-likeness (QED) is 0.432. The molecule has 0 aromatic heterocycles. The summed E-state index contributed by atoms with van der Waals surface area (Å²) in [5.41, 5.74) is 4.91. The summed E-state index contributed by atoms with van der Waals surface area (Å²) < 4.78 is 0. The fourth-order valence-electron chi connectivity index (χ4n) is 5.80. The van der Waals surface area contributed by atoms with Crippen LogP contribution in [0.1, 0.15) is 71.1 Å². The van der Waals surface area contributed by atoms with Gasteiger partial charge in [0.1, 0.15) is 6.61 Å². The van der Waals surface area contributed by atoms with Gasteiger partial charge in [0.2, 0.25) is 0 Å². The summed E-state index contributed by atoms with van der Waals surface area (Å²) in [5.74, 6) is 2.04. The number of allylic oxidation sites excluding steroid dienone is 2. The van der Waals surface area contributed by atoms with E-state index in [-0.39, 0.29) is 5.41 Å². The van der Waals surface area contributed by atoms with Gasteiger partial charge < -0.3 is 15.7 Å². The Bertz CT molecular complexity index is 486. The molecule has 25 heavy (non-hydrogen) atoms. The minimum absolute atomic E-state index is 0.0145. The Labute approximate surface area is 152 Å². The zero-order chi connectivity index (χ0) is 17.8. The maximum atomic E-state index is 11.5. The zero-order valence-electron chi connectivity index (χ0n) is 15.8. The van der Waals surface area contributed by atoms with E-state index in [1.807, 2.05) is 6.08 Å². The van der Waals surface area contributed by atoms with Crippen molar-refractivity contribution in [3.63, 3.8) is 0 Å². The lowest BCUT2D eigenvalue weighted by Crippen LogP contribution is -2.50. The maximum Gasteiger partial charge on any atom is 0.129 e. The van der Waals surface area contributed by atoms with Crippen molar-refractivity contribution in [1.29, 1.82) is 0 Å². The summed E-state index contributed by atoms with van der Waals surface area (Å²) in [4.78, 5) is 5.02. The highest BCUT2D eigenvalue weighted by atomic mass is 16.6. The van der Waals surface area contributed by atoms with Gasteiger partial charge in [-0.1, -0.05) is 50.3 Å². The van der Waals surface area contributed by atoms with Crippen LogP contribution in [0.3, 0.4) is 0 Å². The van der Waals surface area contributed by atoms with Crippen molar-refractivity contribution in [1.82, 2.24) is 0 Å². The van der Waals surface area contributed by atoms with Crippen LogP contribution in [0.2, 0.25) is 0 Å². The zero-order valence-corrected chi connectivity index (χ0v) is 15.8. The van der Waals surface area contributed by atoms with Crippen molar-refractivity contribution in [2.24, 2.45) is 34.1 Å². The van der Waals surface area contributed by atoms with Crippen LogP contribution in [-0.2, 0) is 4.84 Å². The van der Waals surface area contributed by atoms with E-state index in [9.17, 15) is 5.11 Å². The number of oxime groups is 1. The Morgan fingerprint density at radius 2 is 1.92 bits per heavy atom. The molecule has 3 aliphatic carbocycles. The predicted octanol–water partition coefficient (Wildman–Crippen LogP) is 4.03. The molecule has 0 amide bonds. The van der Waals surface area contributed by atoms with Crippen molar-refractivity contribution in [2.75, 3.05) is 13.2 Å². The second-order valence-electron chi connectivity index (χ2n) is 8.76. The van der Waals surface area contributed by atoms with Crippen LogP contribution < -0.4 is 5.73 Å². The third-order valence-electron chi connectivity index (χ3n) is 7.48. The highest BCUT2D eigenvalue weighted by Gasteiger charge is 2.58. The van der Waals surface area contributed by atoms with E-state index < -0.39 is 5.60 Å². The number of aliphatic hydroxyl groups is 1. The fraction of sp³-hybridized carbons (Fsp3) is 0.857. The molecule has 142 valence electrons. The van der Waals surface area contributed by atoms with E-state index in [4.69, 9.17) is 10.6 Å². The topological polar surface area (TPSA) is 67.8 Å². The number of hydrogen-bond donors (Lipinski definition) is 2. The average Bonchev–Trinajstić information content (AvgIpc) is 2.89. The maximum absolute atomic E-state index is 11.5. The molecule has 3 fully saturated rings. The van der Waals surface area contributed by atoms with Gasteiger partial charge in [0.15, 0.2) is 0 Å². The van der Waals surface area contributed by atoms with Gasteiger partial charge in [-0.15, -0.1) is 0 Å². The number of hydrogen-bond acceptors (Lipinski definition) is 4. The Morgan fingerprint density at radius 3 is 2.68 bits per heavy atom. The van der Waals surface area contributed by atoms with Gasteiger partial charge in [-0.25, -0.2) is 0 Å². The van der Waals surface area contributed by atoms with Crippen LogP contribution in [0.25, 0.3) is 0 Å². The SMILES string of the molecule is C[C@]12CC[C@H](C3CCCCC3)C[C@@]1(O)CC[C@@H]2/C=C/C=N/OCCN.